The van der Waals surface area contributed by atoms with E-state index in [1.165, 1.54) is 25.7 Å². The maximum Gasteiger partial charge on any atom is 0.102 e. The fraction of sp³-hybridized carbons (Fsp3) is 0.800. The SMILES string of the molecule is NC(O)CCCC1C=CCCC1. The van der Waals surface area contributed by atoms with Gasteiger partial charge in [-0.05, 0) is 44.4 Å². The molecule has 0 amide bonds. The second kappa shape index (κ2) is 5.33. The van der Waals surface area contributed by atoms with Gasteiger partial charge < -0.3 is 10.8 Å². The maximum atomic E-state index is 8.84. The molecule has 1 rings (SSSR count). The van der Waals surface area contributed by atoms with Crippen LogP contribution < -0.4 is 5.73 Å². The summed E-state index contributed by atoms with van der Waals surface area (Å²) in [7, 11) is 0. The van der Waals surface area contributed by atoms with Crippen molar-refractivity contribution in [1.82, 2.24) is 0 Å². The van der Waals surface area contributed by atoms with Gasteiger partial charge in [-0.15, -0.1) is 0 Å². The van der Waals surface area contributed by atoms with Crippen LogP contribution in [0, 0.1) is 5.92 Å². The molecule has 2 unspecified atom stereocenters. The van der Waals surface area contributed by atoms with Crippen molar-refractivity contribution in [3.05, 3.63) is 12.2 Å². The average molecular weight is 169 g/mol. The summed E-state index contributed by atoms with van der Waals surface area (Å²) < 4.78 is 0. The third kappa shape index (κ3) is 3.88. The second-order valence-electron chi connectivity index (χ2n) is 3.62. The number of rotatable bonds is 4. The van der Waals surface area contributed by atoms with Gasteiger partial charge >= 0.3 is 0 Å². The molecule has 0 aromatic heterocycles. The zero-order chi connectivity index (χ0) is 8.81. The summed E-state index contributed by atoms with van der Waals surface area (Å²) in [6.07, 6.45) is 10.8. The Balaban J connectivity index is 2.06. The molecule has 70 valence electrons. The Labute approximate surface area is 74.5 Å². The Bertz CT molecular complexity index is 143. The molecular weight excluding hydrogens is 150 g/mol. The van der Waals surface area contributed by atoms with Gasteiger partial charge in [0.1, 0.15) is 6.23 Å². The van der Waals surface area contributed by atoms with Crippen LogP contribution in [0.3, 0.4) is 0 Å². The van der Waals surface area contributed by atoms with E-state index in [4.69, 9.17) is 10.8 Å². The first-order valence-electron chi connectivity index (χ1n) is 4.89. The monoisotopic (exact) mass is 169 g/mol. The van der Waals surface area contributed by atoms with Crippen LogP contribution in [0.15, 0.2) is 12.2 Å². The van der Waals surface area contributed by atoms with Gasteiger partial charge in [0.25, 0.3) is 0 Å². The number of hydrogen-bond acceptors (Lipinski definition) is 2. The van der Waals surface area contributed by atoms with Crippen molar-refractivity contribution in [1.29, 1.82) is 0 Å². The third-order valence-corrected chi connectivity index (χ3v) is 2.43. The van der Waals surface area contributed by atoms with E-state index in [9.17, 15) is 0 Å². The quantitative estimate of drug-likeness (QED) is 0.498. The average Bonchev–Trinajstić information content (AvgIpc) is 2.05. The zero-order valence-electron chi connectivity index (χ0n) is 7.58. The fourth-order valence-corrected chi connectivity index (χ4v) is 1.71. The zero-order valence-corrected chi connectivity index (χ0v) is 7.58. The summed E-state index contributed by atoms with van der Waals surface area (Å²) >= 11 is 0. The maximum absolute atomic E-state index is 8.84. The van der Waals surface area contributed by atoms with Crippen molar-refractivity contribution in [3.8, 4) is 0 Å². The van der Waals surface area contributed by atoms with Gasteiger partial charge in [-0.25, -0.2) is 0 Å². The number of hydrogen-bond donors (Lipinski definition) is 2. The Morgan fingerprint density at radius 1 is 1.58 bits per heavy atom. The van der Waals surface area contributed by atoms with Crippen LogP contribution in [0.4, 0.5) is 0 Å². The van der Waals surface area contributed by atoms with Crippen LogP contribution in [-0.4, -0.2) is 11.3 Å². The summed E-state index contributed by atoms with van der Waals surface area (Å²) in [5.41, 5.74) is 5.25. The Hall–Kier alpha value is -0.340. The van der Waals surface area contributed by atoms with E-state index >= 15 is 0 Å². The van der Waals surface area contributed by atoms with Crippen molar-refractivity contribution >= 4 is 0 Å². The van der Waals surface area contributed by atoms with E-state index in [0.29, 0.717) is 0 Å². The van der Waals surface area contributed by atoms with Crippen LogP contribution in [0.25, 0.3) is 0 Å². The smallest absolute Gasteiger partial charge is 0.102 e. The highest BCUT2D eigenvalue weighted by molar-refractivity contribution is 4.92. The first kappa shape index (κ1) is 9.75. The standard InChI is InChI=1S/C10H19NO/c11-10(12)8-4-7-9-5-2-1-3-6-9/h2,5,9-10,12H,1,3-4,6-8,11H2. The van der Waals surface area contributed by atoms with E-state index < -0.39 is 6.23 Å². The van der Waals surface area contributed by atoms with Crippen molar-refractivity contribution in [2.75, 3.05) is 0 Å². The van der Waals surface area contributed by atoms with Crippen LogP contribution in [0.2, 0.25) is 0 Å². The van der Waals surface area contributed by atoms with Gasteiger partial charge in [-0.2, -0.15) is 0 Å². The summed E-state index contributed by atoms with van der Waals surface area (Å²) in [5, 5.41) is 8.84. The van der Waals surface area contributed by atoms with Crippen molar-refractivity contribution < 1.29 is 5.11 Å². The van der Waals surface area contributed by atoms with Gasteiger partial charge in [0.05, 0.1) is 0 Å². The molecule has 2 nitrogen and oxygen atoms in total. The number of aliphatic hydroxyl groups is 1. The first-order chi connectivity index (χ1) is 5.79. The molecule has 2 heteroatoms. The lowest BCUT2D eigenvalue weighted by Gasteiger charge is -2.16. The lowest BCUT2D eigenvalue weighted by Crippen LogP contribution is -2.18. The molecule has 1 aliphatic rings. The summed E-state index contributed by atoms with van der Waals surface area (Å²) in [6, 6.07) is 0. The minimum absolute atomic E-state index is 0.613. The van der Waals surface area contributed by atoms with E-state index in [1.807, 2.05) is 0 Å². The van der Waals surface area contributed by atoms with Gasteiger partial charge in [0.2, 0.25) is 0 Å². The molecule has 1 aliphatic carbocycles. The molecule has 0 fully saturated rings. The molecule has 0 saturated carbocycles. The van der Waals surface area contributed by atoms with Crippen LogP contribution in [-0.2, 0) is 0 Å². The van der Waals surface area contributed by atoms with Crippen LogP contribution >= 0.6 is 0 Å². The molecule has 0 saturated heterocycles. The highest BCUT2D eigenvalue weighted by Gasteiger charge is 2.08. The summed E-state index contributed by atoms with van der Waals surface area (Å²) in [5.74, 6) is 0.748. The summed E-state index contributed by atoms with van der Waals surface area (Å²) in [4.78, 5) is 0. The fourth-order valence-electron chi connectivity index (χ4n) is 1.71. The van der Waals surface area contributed by atoms with Gasteiger partial charge in [0, 0.05) is 0 Å². The highest BCUT2D eigenvalue weighted by Crippen LogP contribution is 2.22. The molecule has 0 aromatic rings. The normalized spacial score (nSPS) is 25.7. The Kier molecular flexibility index (Phi) is 4.33. The largest absolute Gasteiger partial charge is 0.379 e. The predicted octanol–water partition coefficient (Wildman–Crippen LogP) is 1.79. The van der Waals surface area contributed by atoms with Crippen molar-refractivity contribution in [3.63, 3.8) is 0 Å². The Morgan fingerprint density at radius 2 is 2.42 bits per heavy atom. The summed E-state index contributed by atoms with van der Waals surface area (Å²) in [6.45, 7) is 0. The number of nitrogens with two attached hydrogens (primary N) is 1. The van der Waals surface area contributed by atoms with Gasteiger partial charge in [-0.1, -0.05) is 12.2 Å². The molecule has 0 heterocycles. The van der Waals surface area contributed by atoms with E-state index in [0.717, 1.165) is 18.8 Å². The van der Waals surface area contributed by atoms with Crippen LogP contribution in [0.5, 0.6) is 0 Å². The minimum Gasteiger partial charge on any atom is -0.379 e. The van der Waals surface area contributed by atoms with E-state index in [1.54, 1.807) is 0 Å². The van der Waals surface area contributed by atoms with Gasteiger partial charge in [0.15, 0.2) is 0 Å². The minimum atomic E-state index is -0.613. The van der Waals surface area contributed by atoms with Gasteiger partial charge in [-0.3, -0.25) is 0 Å². The Morgan fingerprint density at radius 3 is 3.00 bits per heavy atom. The number of allylic oxidation sites excluding steroid dienone is 2. The van der Waals surface area contributed by atoms with E-state index in [2.05, 4.69) is 12.2 Å². The molecule has 12 heavy (non-hydrogen) atoms. The first-order valence-corrected chi connectivity index (χ1v) is 4.89. The molecule has 0 aliphatic heterocycles. The topological polar surface area (TPSA) is 46.2 Å². The molecule has 2 atom stereocenters. The highest BCUT2D eigenvalue weighted by atomic mass is 16.3. The molecule has 0 radical (unpaired) electrons. The third-order valence-electron chi connectivity index (χ3n) is 2.43. The molecular formula is C10H19NO. The molecule has 0 aromatic carbocycles. The number of aliphatic hydroxyl groups excluding tert-OH is 1. The van der Waals surface area contributed by atoms with Crippen LogP contribution in [0.1, 0.15) is 38.5 Å². The lowest BCUT2D eigenvalue weighted by molar-refractivity contribution is 0.166. The lowest BCUT2D eigenvalue weighted by atomic mass is 9.91. The molecule has 0 bridgehead atoms. The predicted molar refractivity (Wildman–Crippen MR) is 50.5 cm³/mol. The molecule has 3 N–H and O–H groups in total. The van der Waals surface area contributed by atoms with Crippen molar-refractivity contribution in [2.45, 2.75) is 44.8 Å². The van der Waals surface area contributed by atoms with Crippen molar-refractivity contribution in [2.24, 2.45) is 11.7 Å². The second-order valence-corrected chi connectivity index (χ2v) is 3.62. The molecule has 0 spiro atoms. The van der Waals surface area contributed by atoms with E-state index in [-0.39, 0.29) is 0 Å².